The van der Waals surface area contributed by atoms with Gasteiger partial charge in [0.05, 0.1) is 13.7 Å². The zero-order chi connectivity index (χ0) is 19.6. The third kappa shape index (κ3) is 5.36. The molecule has 3 aromatic rings. The average Bonchev–Trinajstić information content (AvgIpc) is 3.22. The third-order valence-electron chi connectivity index (χ3n) is 4.24. The van der Waals surface area contributed by atoms with Gasteiger partial charge in [-0.25, -0.2) is 4.99 Å². The van der Waals surface area contributed by atoms with Crippen molar-refractivity contribution in [2.45, 2.75) is 19.9 Å². The van der Waals surface area contributed by atoms with Crippen LogP contribution in [0.5, 0.6) is 5.75 Å². The Labute approximate surface area is 165 Å². The summed E-state index contributed by atoms with van der Waals surface area (Å²) in [6.07, 6.45) is 0.844. The van der Waals surface area contributed by atoms with Crippen molar-refractivity contribution in [3.8, 4) is 17.1 Å². The Hall–Kier alpha value is -3.28. The number of benzene rings is 2. The minimum absolute atomic E-state index is 0.445. The normalized spacial score (nSPS) is 11.3. The number of hydrogen-bond donors (Lipinski definition) is 2. The van der Waals surface area contributed by atoms with E-state index in [2.05, 4.69) is 26.8 Å². The molecule has 2 N–H and O–H groups in total. The van der Waals surface area contributed by atoms with Gasteiger partial charge in [0.15, 0.2) is 11.7 Å². The summed E-state index contributed by atoms with van der Waals surface area (Å²) < 4.78 is 10.8. The molecule has 0 atom stereocenters. The van der Waals surface area contributed by atoms with Crippen LogP contribution in [0.15, 0.2) is 70.2 Å². The van der Waals surface area contributed by atoms with E-state index >= 15 is 0 Å². The van der Waals surface area contributed by atoms with Gasteiger partial charge in [0.25, 0.3) is 0 Å². The third-order valence-corrected chi connectivity index (χ3v) is 4.24. The lowest BCUT2D eigenvalue weighted by Gasteiger charge is -2.12. The van der Waals surface area contributed by atoms with Crippen molar-refractivity contribution in [2.75, 3.05) is 20.2 Å². The second-order valence-electron chi connectivity index (χ2n) is 6.23. The number of guanidine groups is 1. The Kier molecular flexibility index (Phi) is 7.07. The average molecular weight is 378 g/mol. The maximum atomic E-state index is 5.43. The van der Waals surface area contributed by atoms with Crippen molar-refractivity contribution in [1.82, 2.24) is 15.8 Å². The summed E-state index contributed by atoms with van der Waals surface area (Å²) >= 11 is 0. The van der Waals surface area contributed by atoms with E-state index in [4.69, 9.17) is 9.26 Å². The minimum atomic E-state index is 0.445. The molecule has 1 aromatic heterocycles. The summed E-state index contributed by atoms with van der Waals surface area (Å²) in [6, 6.07) is 19.9. The number of para-hydroxylation sites is 1. The van der Waals surface area contributed by atoms with Gasteiger partial charge in [-0.1, -0.05) is 53.7 Å². The fraction of sp³-hybridized carbons (Fsp3) is 0.273. The van der Waals surface area contributed by atoms with Crippen LogP contribution in [-0.4, -0.2) is 31.3 Å². The highest BCUT2D eigenvalue weighted by molar-refractivity contribution is 5.79. The van der Waals surface area contributed by atoms with Crippen LogP contribution in [0.4, 0.5) is 0 Å². The molecular weight excluding hydrogens is 352 g/mol. The highest BCUT2D eigenvalue weighted by Gasteiger charge is 2.07. The molecule has 0 bridgehead atoms. The van der Waals surface area contributed by atoms with Crippen LogP contribution in [0.3, 0.4) is 0 Å². The van der Waals surface area contributed by atoms with Gasteiger partial charge in [-0.3, -0.25) is 0 Å². The molecule has 0 radical (unpaired) electrons. The molecule has 0 aliphatic rings. The standard InChI is InChI=1S/C22H26N4O2/c1-3-23-22(24-14-13-18-11-7-8-12-20(18)27-2)25-16-19-15-21(28-26-19)17-9-5-4-6-10-17/h4-12,15H,3,13-14,16H2,1-2H3,(H2,23,24,25). The zero-order valence-corrected chi connectivity index (χ0v) is 16.3. The number of ether oxygens (including phenoxy) is 1. The molecule has 0 saturated carbocycles. The summed E-state index contributed by atoms with van der Waals surface area (Å²) in [5.41, 5.74) is 2.96. The molecule has 0 unspecified atom stereocenters. The zero-order valence-electron chi connectivity index (χ0n) is 16.3. The molecule has 146 valence electrons. The molecule has 2 aromatic carbocycles. The highest BCUT2D eigenvalue weighted by atomic mass is 16.5. The molecular formula is C22H26N4O2. The van der Waals surface area contributed by atoms with Gasteiger partial charge in [-0.05, 0) is 25.0 Å². The number of methoxy groups -OCH3 is 1. The van der Waals surface area contributed by atoms with Gasteiger partial charge in [-0.2, -0.15) is 0 Å². The van der Waals surface area contributed by atoms with Crippen molar-refractivity contribution < 1.29 is 9.26 Å². The van der Waals surface area contributed by atoms with Crippen molar-refractivity contribution >= 4 is 5.96 Å². The van der Waals surface area contributed by atoms with Crippen molar-refractivity contribution in [2.24, 2.45) is 4.99 Å². The fourth-order valence-corrected chi connectivity index (χ4v) is 2.85. The number of hydrogen-bond acceptors (Lipinski definition) is 4. The number of nitrogens with zero attached hydrogens (tertiary/aromatic N) is 2. The molecule has 0 amide bonds. The van der Waals surface area contributed by atoms with Crippen molar-refractivity contribution in [3.05, 3.63) is 71.9 Å². The van der Waals surface area contributed by atoms with Gasteiger partial charge in [0, 0.05) is 24.7 Å². The predicted octanol–water partition coefficient (Wildman–Crippen LogP) is 3.65. The molecule has 28 heavy (non-hydrogen) atoms. The predicted molar refractivity (Wildman–Crippen MR) is 111 cm³/mol. The van der Waals surface area contributed by atoms with E-state index in [-0.39, 0.29) is 0 Å². The molecule has 0 saturated heterocycles. The summed E-state index contributed by atoms with van der Waals surface area (Å²) in [6.45, 7) is 4.02. The second-order valence-corrected chi connectivity index (χ2v) is 6.23. The van der Waals surface area contributed by atoms with Gasteiger partial charge in [-0.15, -0.1) is 0 Å². The Bertz CT molecular complexity index is 890. The highest BCUT2D eigenvalue weighted by Crippen LogP contribution is 2.20. The number of aliphatic imine (C=N–C) groups is 1. The van der Waals surface area contributed by atoms with Crippen LogP contribution in [0.25, 0.3) is 11.3 Å². The summed E-state index contributed by atoms with van der Waals surface area (Å²) in [4.78, 5) is 4.61. The van der Waals surface area contributed by atoms with Gasteiger partial charge in [0.1, 0.15) is 11.4 Å². The van der Waals surface area contributed by atoms with Crippen molar-refractivity contribution in [1.29, 1.82) is 0 Å². The first kappa shape index (κ1) is 19.5. The van der Waals surface area contributed by atoms with E-state index < -0.39 is 0 Å². The molecule has 1 heterocycles. The number of rotatable bonds is 8. The lowest BCUT2D eigenvalue weighted by Crippen LogP contribution is -2.38. The van der Waals surface area contributed by atoms with E-state index in [0.29, 0.717) is 6.54 Å². The maximum absolute atomic E-state index is 5.43. The van der Waals surface area contributed by atoms with Crippen LogP contribution in [0.1, 0.15) is 18.2 Å². The molecule has 0 aliphatic heterocycles. The molecule has 3 rings (SSSR count). The Morgan fingerprint density at radius 1 is 1.07 bits per heavy atom. The van der Waals surface area contributed by atoms with Crippen LogP contribution >= 0.6 is 0 Å². The summed E-state index contributed by atoms with van der Waals surface area (Å²) in [7, 11) is 1.69. The Morgan fingerprint density at radius 2 is 1.86 bits per heavy atom. The Morgan fingerprint density at radius 3 is 2.64 bits per heavy atom. The monoisotopic (exact) mass is 378 g/mol. The van der Waals surface area contributed by atoms with E-state index in [1.807, 2.05) is 61.5 Å². The Balaban J connectivity index is 1.57. The molecule has 0 aliphatic carbocycles. The second kappa shape index (κ2) is 10.2. The first-order valence-electron chi connectivity index (χ1n) is 9.45. The SMILES string of the molecule is CCNC(=NCc1cc(-c2ccccc2)on1)NCCc1ccccc1OC. The van der Waals surface area contributed by atoms with Crippen LogP contribution < -0.4 is 15.4 Å². The lowest BCUT2D eigenvalue weighted by molar-refractivity contribution is 0.409. The fourth-order valence-electron chi connectivity index (χ4n) is 2.85. The molecule has 0 spiro atoms. The topological polar surface area (TPSA) is 71.7 Å². The first-order valence-corrected chi connectivity index (χ1v) is 9.45. The largest absolute Gasteiger partial charge is 0.496 e. The number of aromatic nitrogens is 1. The quantitative estimate of drug-likeness (QED) is 0.462. The van der Waals surface area contributed by atoms with E-state index in [1.54, 1.807) is 7.11 Å². The van der Waals surface area contributed by atoms with Crippen LogP contribution in [-0.2, 0) is 13.0 Å². The minimum Gasteiger partial charge on any atom is -0.496 e. The summed E-state index contributed by atoms with van der Waals surface area (Å²) in [5.74, 6) is 2.41. The lowest BCUT2D eigenvalue weighted by atomic mass is 10.1. The van der Waals surface area contributed by atoms with Gasteiger partial charge < -0.3 is 19.9 Å². The van der Waals surface area contributed by atoms with E-state index in [1.165, 1.54) is 0 Å². The summed E-state index contributed by atoms with van der Waals surface area (Å²) in [5, 5.41) is 10.7. The van der Waals surface area contributed by atoms with Crippen molar-refractivity contribution in [3.63, 3.8) is 0 Å². The van der Waals surface area contributed by atoms with Crippen LogP contribution in [0, 0.1) is 0 Å². The molecule has 6 nitrogen and oxygen atoms in total. The number of nitrogens with one attached hydrogen (secondary N) is 2. The maximum Gasteiger partial charge on any atom is 0.191 e. The van der Waals surface area contributed by atoms with E-state index in [0.717, 1.165) is 53.8 Å². The first-order chi connectivity index (χ1) is 13.8. The smallest absolute Gasteiger partial charge is 0.191 e. The van der Waals surface area contributed by atoms with Crippen LogP contribution in [0.2, 0.25) is 0 Å². The molecule has 6 heteroatoms. The van der Waals surface area contributed by atoms with Gasteiger partial charge >= 0.3 is 0 Å². The van der Waals surface area contributed by atoms with Gasteiger partial charge in [0.2, 0.25) is 0 Å². The molecule has 0 fully saturated rings. The van der Waals surface area contributed by atoms with E-state index in [9.17, 15) is 0 Å².